The summed E-state index contributed by atoms with van der Waals surface area (Å²) in [4.78, 5) is 22.2. The number of nitrogens with one attached hydrogen (secondary N) is 1. The van der Waals surface area contributed by atoms with Crippen LogP contribution in [0.1, 0.15) is 24.5 Å². The number of amides is 1. The summed E-state index contributed by atoms with van der Waals surface area (Å²) in [5.41, 5.74) is 2.83. The lowest BCUT2D eigenvalue weighted by Crippen LogP contribution is -2.14. The number of carbonyl (C=O) groups excluding carboxylic acids is 2. The molecular weight excluding hydrogens is 270 g/mol. The van der Waals surface area contributed by atoms with Crippen LogP contribution >= 0.6 is 15.9 Å². The first-order valence-electron chi connectivity index (χ1n) is 4.96. The van der Waals surface area contributed by atoms with Crippen LogP contribution in [0.15, 0.2) is 16.6 Å². The highest BCUT2D eigenvalue weighted by Gasteiger charge is 2.07. The van der Waals surface area contributed by atoms with Gasteiger partial charge in [0, 0.05) is 10.2 Å². The van der Waals surface area contributed by atoms with E-state index in [4.69, 9.17) is 0 Å². The predicted molar refractivity (Wildman–Crippen MR) is 67.5 cm³/mol. The molecular formula is C12H14BrNO2. The zero-order valence-electron chi connectivity index (χ0n) is 9.56. The van der Waals surface area contributed by atoms with E-state index in [1.54, 1.807) is 0 Å². The first kappa shape index (κ1) is 12.9. The molecule has 0 aliphatic heterocycles. The van der Waals surface area contributed by atoms with Crippen molar-refractivity contribution < 1.29 is 9.59 Å². The van der Waals surface area contributed by atoms with Crippen LogP contribution in [0.2, 0.25) is 0 Å². The van der Waals surface area contributed by atoms with Crippen LogP contribution in [-0.2, 0) is 9.59 Å². The third-order valence-corrected chi connectivity index (χ3v) is 3.38. The fourth-order valence-electron chi connectivity index (χ4n) is 1.45. The molecule has 0 heterocycles. The third-order valence-electron chi connectivity index (χ3n) is 2.13. The van der Waals surface area contributed by atoms with Crippen LogP contribution in [0.3, 0.4) is 0 Å². The van der Waals surface area contributed by atoms with Crippen molar-refractivity contribution in [1.82, 2.24) is 0 Å². The Labute approximate surface area is 103 Å². The number of carbonyl (C=O) groups is 2. The molecule has 0 radical (unpaired) electrons. The Morgan fingerprint density at radius 1 is 1.25 bits per heavy atom. The normalized spacial score (nSPS) is 10.0. The summed E-state index contributed by atoms with van der Waals surface area (Å²) in [6, 6.07) is 3.74. The average molecular weight is 284 g/mol. The minimum Gasteiger partial charge on any atom is -0.326 e. The molecule has 1 amide bonds. The van der Waals surface area contributed by atoms with Gasteiger partial charge in [-0.25, -0.2) is 0 Å². The van der Waals surface area contributed by atoms with Crippen LogP contribution in [0.25, 0.3) is 0 Å². The molecule has 0 aromatic heterocycles. The molecule has 0 bridgehead atoms. The van der Waals surface area contributed by atoms with E-state index in [9.17, 15) is 9.59 Å². The van der Waals surface area contributed by atoms with Crippen LogP contribution in [0.4, 0.5) is 5.69 Å². The Kier molecular flexibility index (Phi) is 4.24. The fraction of sp³-hybridized carbons (Fsp3) is 0.333. The summed E-state index contributed by atoms with van der Waals surface area (Å²) in [6.07, 6.45) is -0.0752. The maximum atomic E-state index is 11.4. The summed E-state index contributed by atoms with van der Waals surface area (Å²) in [6.45, 7) is 5.31. The lowest BCUT2D eigenvalue weighted by molar-refractivity contribution is -0.124. The van der Waals surface area contributed by atoms with Gasteiger partial charge in [-0.05, 0) is 44.0 Å². The van der Waals surface area contributed by atoms with Crippen LogP contribution in [-0.4, -0.2) is 11.7 Å². The van der Waals surface area contributed by atoms with Gasteiger partial charge in [0.25, 0.3) is 0 Å². The van der Waals surface area contributed by atoms with Crippen molar-refractivity contribution in [3.05, 3.63) is 27.7 Å². The molecule has 1 aromatic rings. The number of hydrogen-bond donors (Lipinski definition) is 1. The number of halogens is 1. The van der Waals surface area contributed by atoms with Crippen molar-refractivity contribution >= 4 is 33.3 Å². The third kappa shape index (κ3) is 3.45. The first-order valence-corrected chi connectivity index (χ1v) is 5.75. The van der Waals surface area contributed by atoms with Gasteiger partial charge in [-0.2, -0.15) is 0 Å². The fourth-order valence-corrected chi connectivity index (χ4v) is 1.68. The SMILES string of the molecule is CC(=O)CC(=O)Nc1cc(C)c(Br)c(C)c1. The number of ketones is 1. The van der Waals surface area contributed by atoms with Crippen molar-refractivity contribution in [3.63, 3.8) is 0 Å². The van der Waals surface area contributed by atoms with E-state index in [1.165, 1.54) is 6.92 Å². The van der Waals surface area contributed by atoms with Crippen molar-refractivity contribution in [2.24, 2.45) is 0 Å². The highest BCUT2D eigenvalue weighted by Crippen LogP contribution is 2.24. The molecule has 0 unspecified atom stereocenters. The number of anilines is 1. The average Bonchev–Trinajstić information content (AvgIpc) is 2.12. The van der Waals surface area contributed by atoms with Crippen LogP contribution < -0.4 is 5.32 Å². The summed E-state index contributed by atoms with van der Waals surface area (Å²) >= 11 is 3.45. The van der Waals surface area contributed by atoms with Crippen LogP contribution in [0, 0.1) is 13.8 Å². The molecule has 0 saturated heterocycles. The summed E-state index contributed by atoms with van der Waals surface area (Å²) in [7, 11) is 0. The van der Waals surface area contributed by atoms with Gasteiger partial charge in [0.05, 0.1) is 6.42 Å². The Hall–Kier alpha value is -1.16. The molecule has 1 rings (SSSR count). The summed E-state index contributed by atoms with van der Waals surface area (Å²) < 4.78 is 1.04. The van der Waals surface area contributed by atoms with Gasteiger partial charge < -0.3 is 5.32 Å². The molecule has 4 heteroatoms. The number of aryl methyl sites for hydroxylation is 2. The molecule has 1 N–H and O–H groups in total. The van der Waals surface area contributed by atoms with Gasteiger partial charge in [0.1, 0.15) is 5.78 Å². The number of rotatable bonds is 3. The molecule has 0 aliphatic rings. The Morgan fingerprint density at radius 3 is 2.19 bits per heavy atom. The van der Waals surface area contributed by atoms with Crippen molar-refractivity contribution in [2.45, 2.75) is 27.2 Å². The number of hydrogen-bond acceptors (Lipinski definition) is 2. The zero-order chi connectivity index (χ0) is 12.3. The van der Waals surface area contributed by atoms with Crippen LogP contribution in [0.5, 0.6) is 0 Å². The molecule has 16 heavy (non-hydrogen) atoms. The van der Waals surface area contributed by atoms with E-state index in [0.29, 0.717) is 0 Å². The van der Waals surface area contributed by atoms with Gasteiger partial charge in [-0.3, -0.25) is 9.59 Å². The second-order valence-corrected chi connectivity index (χ2v) is 4.64. The Bertz CT molecular complexity index is 418. The standard InChI is InChI=1S/C12H14BrNO2/c1-7-4-10(5-8(2)12(7)13)14-11(16)6-9(3)15/h4-5H,6H2,1-3H3,(H,14,16). The lowest BCUT2D eigenvalue weighted by atomic mass is 10.1. The maximum Gasteiger partial charge on any atom is 0.231 e. The molecule has 0 atom stereocenters. The molecule has 3 nitrogen and oxygen atoms in total. The van der Waals surface area contributed by atoms with E-state index in [2.05, 4.69) is 21.2 Å². The molecule has 0 saturated carbocycles. The number of benzene rings is 1. The Morgan fingerprint density at radius 2 is 1.75 bits per heavy atom. The predicted octanol–water partition coefficient (Wildman–Crippen LogP) is 2.98. The minimum atomic E-state index is -0.270. The van der Waals surface area contributed by atoms with Crippen molar-refractivity contribution in [2.75, 3.05) is 5.32 Å². The highest BCUT2D eigenvalue weighted by atomic mass is 79.9. The van der Waals surface area contributed by atoms with E-state index >= 15 is 0 Å². The van der Waals surface area contributed by atoms with E-state index in [0.717, 1.165) is 21.3 Å². The van der Waals surface area contributed by atoms with Gasteiger partial charge in [0.15, 0.2) is 0 Å². The van der Waals surface area contributed by atoms with Gasteiger partial charge >= 0.3 is 0 Å². The topological polar surface area (TPSA) is 46.2 Å². The van der Waals surface area contributed by atoms with Crippen molar-refractivity contribution in [1.29, 1.82) is 0 Å². The van der Waals surface area contributed by atoms with E-state index in [-0.39, 0.29) is 18.1 Å². The lowest BCUT2D eigenvalue weighted by Gasteiger charge is -2.09. The minimum absolute atomic E-state index is 0.0752. The van der Waals surface area contributed by atoms with E-state index in [1.807, 2.05) is 26.0 Å². The second-order valence-electron chi connectivity index (χ2n) is 3.85. The summed E-state index contributed by atoms with van der Waals surface area (Å²) in [5.74, 6) is -0.406. The first-order chi connectivity index (χ1) is 7.40. The molecule has 0 fully saturated rings. The highest BCUT2D eigenvalue weighted by molar-refractivity contribution is 9.10. The monoisotopic (exact) mass is 283 g/mol. The molecule has 86 valence electrons. The summed E-state index contributed by atoms with van der Waals surface area (Å²) in [5, 5.41) is 2.70. The maximum absolute atomic E-state index is 11.4. The van der Waals surface area contributed by atoms with Gasteiger partial charge in [0.2, 0.25) is 5.91 Å². The molecule has 1 aromatic carbocycles. The molecule has 0 spiro atoms. The van der Waals surface area contributed by atoms with Gasteiger partial charge in [-0.15, -0.1) is 0 Å². The van der Waals surface area contributed by atoms with Crippen molar-refractivity contribution in [3.8, 4) is 0 Å². The van der Waals surface area contributed by atoms with Gasteiger partial charge in [-0.1, -0.05) is 15.9 Å². The zero-order valence-corrected chi connectivity index (χ0v) is 11.1. The molecule has 0 aliphatic carbocycles. The number of Topliss-reactive ketones (excluding diaryl/α,β-unsaturated/α-hetero) is 1. The quantitative estimate of drug-likeness (QED) is 0.867. The second kappa shape index (κ2) is 5.25. The smallest absolute Gasteiger partial charge is 0.231 e. The largest absolute Gasteiger partial charge is 0.326 e. The van der Waals surface area contributed by atoms with E-state index < -0.39 is 0 Å². The Balaban J connectivity index is 2.82.